The van der Waals surface area contributed by atoms with Crippen LogP contribution in [0.15, 0.2) is 18.2 Å². The van der Waals surface area contributed by atoms with Crippen molar-refractivity contribution in [2.75, 3.05) is 18.4 Å². The Hall–Kier alpha value is -2.71. The Balaban J connectivity index is 1.81. The Kier molecular flexibility index (Phi) is 7.16. The standard InChI is InChI=1S/C20H26F2N2O5/c1-12(17(25)23-14-5-6-15(21)16(22)11-14)28-18(26)13-7-9-24(10-8-13)19(27)29-20(2,3)4/h5-6,11-13H,7-10H2,1-4H3,(H,23,25)/t12-/m0/s1. The van der Waals surface area contributed by atoms with Crippen molar-refractivity contribution in [3.63, 3.8) is 0 Å². The van der Waals surface area contributed by atoms with Gasteiger partial charge in [-0.25, -0.2) is 13.6 Å². The lowest BCUT2D eigenvalue weighted by Crippen LogP contribution is -2.43. The number of nitrogens with one attached hydrogen (secondary N) is 1. The molecule has 1 fully saturated rings. The molecular formula is C20H26F2N2O5. The second-order valence-corrected chi connectivity index (χ2v) is 7.94. The molecule has 0 spiro atoms. The van der Waals surface area contributed by atoms with E-state index < -0.39 is 47.2 Å². The van der Waals surface area contributed by atoms with Crippen LogP contribution in [-0.4, -0.2) is 47.7 Å². The van der Waals surface area contributed by atoms with E-state index in [4.69, 9.17) is 9.47 Å². The molecule has 7 nitrogen and oxygen atoms in total. The molecule has 2 amide bonds. The minimum absolute atomic E-state index is 0.0578. The van der Waals surface area contributed by atoms with Crippen LogP contribution >= 0.6 is 0 Å². The zero-order valence-electron chi connectivity index (χ0n) is 17.0. The summed E-state index contributed by atoms with van der Waals surface area (Å²) < 4.78 is 36.7. The van der Waals surface area contributed by atoms with Crippen molar-refractivity contribution >= 4 is 23.7 Å². The highest BCUT2D eigenvalue weighted by molar-refractivity contribution is 5.95. The van der Waals surface area contributed by atoms with Crippen LogP contribution in [0.4, 0.5) is 19.3 Å². The van der Waals surface area contributed by atoms with Gasteiger partial charge in [0.05, 0.1) is 5.92 Å². The second-order valence-electron chi connectivity index (χ2n) is 7.94. The predicted octanol–water partition coefficient (Wildman–Crippen LogP) is 3.48. The summed E-state index contributed by atoms with van der Waals surface area (Å²) in [7, 11) is 0. The van der Waals surface area contributed by atoms with Crippen LogP contribution in [0.3, 0.4) is 0 Å². The number of hydrogen-bond acceptors (Lipinski definition) is 5. The van der Waals surface area contributed by atoms with Gasteiger partial charge in [0, 0.05) is 24.8 Å². The summed E-state index contributed by atoms with van der Waals surface area (Å²) in [6, 6.07) is 2.94. The lowest BCUT2D eigenvalue weighted by Gasteiger charge is -2.32. The minimum Gasteiger partial charge on any atom is -0.452 e. The first-order chi connectivity index (χ1) is 13.5. The number of ether oxygens (including phenoxy) is 2. The van der Waals surface area contributed by atoms with Gasteiger partial charge in [-0.2, -0.15) is 0 Å². The number of carbonyl (C=O) groups is 3. The average Bonchev–Trinajstić information content (AvgIpc) is 2.63. The fraction of sp³-hybridized carbons (Fsp3) is 0.550. The van der Waals surface area contributed by atoms with Gasteiger partial charge in [0.1, 0.15) is 5.60 Å². The fourth-order valence-electron chi connectivity index (χ4n) is 2.77. The first-order valence-electron chi connectivity index (χ1n) is 9.40. The molecule has 1 N–H and O–H groups in total. The normalized spacial score (nSPS) is 16.1. The third-order valence-electron chi connectivity index (χ3n) is 4.33. The van der Waals surface area contributed by atoms with E-state index in [0.717, 1.165) is 12.1 Å². The van der Waals surface area contributed by atoms with Crippen molar-refractivity contribution < 1.29 is 32.6 Å². The molecule has 2 rings (SSSR count). The highest BCUT2D eigenvalue weighted by Crippen LogP contribution is 2.22. The van der Waals surface area contributed by atoms with Gasteiger partial charge in [-0.15, -0.1) is 0 Å². The SMILES string of the molecule is C[C@H](OC(=O)C1CCN(C(=O)OC(C)(C)C)CC1)C(=O)Nc1ccc(F)c(F)c1. The first-order valence-corrected chi connectivity index (χ1v) is 9.40. The molecule has 0 unspecified atom stereocenters. The molecule has 9 heteroatoms. The Morgan fingerprint density at radius 1 is 1.14 bits per heavy atom. The van der Waals surface area contributed by atoms with Crippen molar-refractivity contribution in [2.45, 2.75) is 52.2 Å². The van der Waals surface area contributed by atoms with Gasteiger partial charge in [0.2, 0.25) is 0 Å². The van der Waals surface area contributed by atoms with Gasteiger partial charge in [0.15, 0.2) is 17.7 Å². The summed E-state index contributed by atoms with van der Waals surface area (Å²) >= 11 is 0. The molecule has 1 saturated heterocycles. The number of benzene rings is 1. The van der Waals surface area contributed by atoms with Gasteiger partial charge >= 0.3 is 12.1 Å². The van der Waals surface area contributed by atoms with E-state index >= 15 is 0 Å². The Morgan fingerprint density at radius 3 is 2.31 bits per heavy atom. The van der Waals surface area contributed by atoms with Gasteiger partial charge in [-0.05, 0) is 52.7 Å². The fourth-order valence-corrected chi connectivity index (χ4v) is 2.77. The number of anilines is 1. The van der Waals surface area contributed by atoms with E-state index in [1.54, 1.807) is 20.8 Å². The van der Waals surface area contributed by atoms with Crippen molar-refractivity contribution in [3.8, 4) is 0 Å². The van der Waals surface area contributed by atoms with Gasteiger partial charge in [-0.3, -0.25) is 9.59 Å². The van der Waals surface area contributed by atoms with Gasteiger partial charge in [0.25, 0.3) is 5.91 Å². The van der Waals surface area contributed by atoms with E-state index in [2.05, 4.69) is 5.32 Å². The highest BCUT2D eigenvalue weighted by Gasteiger charge is 2.32. The molecule has 0 aliphatic carbocycles. The molecule has 0 aromatic heterocycles. The molecule has 160 valence electrons. The molecule has 1 aliphatic heterocycles. The minimum atomic E-state index is -1.11. The summed E-state index contributed by atoms with van der Waals surface area (Å²) in [6.07, 6.45) is -0.742. The van der Waals surface area contributed by atoms with E-state index in [-0.39, 0.29) is 5.69 Å². The highest BCUT2D eigenvalue weighted by atomic mass is 19.2. The van der Waals surface area contributed by atoms with Crippen LogP contribution < -0.4 is 5.32 Å². The molecular weight excluding hydrogens is 386 g/mol. The molecule has 1 atom stereocenters. The topological polar surface area (TPSA) is 84.9 Å². The average molecular weight is 412 g/mol. The first kappa shape index (κ1) is 22.6. The maximum absolute atomic E-state index is 13.2. The molecule has 1 aromatic rings. The Morgan fingerprint density at radius 2 is 1.76 bits per heavy atom. The van der Waals surface area contributed by atoms with Crippen LogP contribution in [-0.2, 0) is 19.1 Å². The number of likely N-dealkylation sites (tertiary alicyclic amines) is 1. The monoisotopic (exact) mass is 412 g/mol. The quantitative estimate of drug-likeness (QED) is 0.766. The van der Waals surface area contributed by atoms with Crippen molar-refractivity contribution in [1.82, 2.24) is 4.90 Å². The molecule has 29 heavy (non-hydrogen) atoms. The van der Waals surface area contributed by atoms with Gasteiger partial charge in [-0.1, -0.05) is 0 Å². The number of piperidine rings is 1. The Bertz CT molecular complexity index is 771. The number of hydrogen-bond donors (Lipinski definition) is 1. The smallest absolute Gasteiger partial charge is 0.410 e. The summed E-state index contributed by atoms with van der Waals surface area (Å²) in [5.74, 6) is -3.76. The van der Waals surface area contributed by atoms with E-state index in [0.29, 0.717) is 25.9 Å². The second kappa shape index (κ2) is 9.19. The molecule has 0 radical (unpaired) electrons. The van der Waals surface area contributed by atoms with Crippen LogP contribution in [0.1, 0.15) is 40.5 Å². The van der Waals surface area contributed by atoms with Crippen LogP contribution in [0, 0.1) is 17.6 Å². The summed E-state index contributed by atoms with van der Waals surface area (Å²) in [5.41, 5.74) is -0.536. The zero-order chi connectivity index (χ0) is 21.8. The lowest BCUT2D eigenvalue weighted by molar-refractivity contribution is -0.158. The summed E-state index contributed by atoms with van der Waals surface area (Å²) in [6.45, 7) is 7.43. The van der Waals surface area contributed by atoms with Gasteiger partial charge < -0.3 is 19.7 Å². The summed E-state index contributed by atoms with van der Waals surface area (Å²) in [5, 5.41) is 2.37. The number of halogens is 2. The maximum atomic E-state index is 13.2. The largest absolute Gasteiger partial charge is 0.452 e. The molecule has 0 bridgehead atoms. The third kappa shape index (κ3) is 6.69. The number of carbonyl (C=O) groups excluding carboxylic acids is 3. The van der Waals surface area contributed by atoms with E-state index in [1.807, 2.05) is 0 Å². The van der Waals surface area contributed by atoms with Crippen LogP contribution in [0.2, 0.25) is 0 Å². The van der Waals surface area contributed by atoms with E-state index in [1.165, 1.54) is 17.9 Å². The van der Waals surface area contributed by atoms with E-state index in [9.17, 15) is 23.2 Å². The summed E-state index contributed by atoms with van der Waals surface area (Å²) in [4.78, 5) is 38.0. The van der Waals surface area contributed by atoms with Crippen molar-refractivity contribution in [1.29, 1.82) is 0 Å². The molecule has 1 aromatic carbocycles. The van der Waals surface area contributed by atoms with Crippen LogP contribution in [0.5, 0.6) is 0 Å². The molecule has 1 aliphatic rings. The number of nitrogens with zero attached hydrogens (tertiary/aromatic N) is 1. The maximum Gasteiger partial charge on any atom is 0.410 e. The lowest BCUT2D eigenvalue weighted by atomic mass is 9.97. The number of amides is 2. The third-order valence-corrected chi connectivity index (χ3v) is 4.33. The predicted molar refractivity (Wildman–Crippen MR) is 101 cm³/mol. The van der Waals surface area contributed by atoms with Crippen molar-refractivity contribution in [2.24, 2.45) is 5.92 Å². The Labute approximate surface area is 168 Å². The molecule has 1 heterocycles. The number of esters is 1. The van der Waals surface area contributed by atoms with Crippen LogP contribution in [0.25, 0.3) is 0 Å². The van der Waals surface area contributed by atoms with Crippen molar-refractivity contribution in [3.05, 3.63) is 29.8 Å². The zero-order valence-corrected chi connectivity index (χ0v) is 17.0. The number of rotatable bonds is 4. The molecule has 0 saturated carbocycles.